The van der Waals surface area contributed by atoms with E-state index in [0.717, 1.165) is 6.04 Å². The van der Waals surface area contributed by atoms with Gasteiger partial charge in [-0.1, -0.05) is 27.7 Å². The molecule has 1 aliphatic rings. The SMILES string of the molecule is CCC1CNC(C)CN1CCC(C)(C)C. The quantitative estimate of drug-likeness (QED) is 0.773. The zero-order chi connectivity index (χ0) is 11.5. The van der Waals surface area contributed by atoms with Gasteiger partial charge in [0.15, 0.2) is 0 Å². The molecule has 1 N–H and O–H groups in total. The van der Waals surface area contributed by atoms with Crippen molar-refractivity contribution in [2.45, 2.75) is 59.5 Å². The van der Waals surface area contributed by atoms with Gasteiger partial charge in [0.2, 0.25) is 0 Å². The van der Waals surface area contributed by atoms with Gasteiger partial charge in [-0.05, 0) is 31.7 Å². The first-order valence-corrected chi connectivity index (χ1v) is 6.40. The molecule has 0 saturated carbocycles. The van der Waals surface area contributed by atoms with Crippen molar-refractivity contribution >= 4 is 0 Å². The van der Waals surface area contributed by atoms with Crippen molar-refractivity contribution in [3.05, 3.63) is 0 Å². The summed E-state index contributed by atoms with van der Waals surface area (Å²) in [6.45, 7) is 15.2. The van der Waals surface area contributed by atoms with Crippen LogP contribution in [0.3, 0.4) is 0 Å². The molecule has 1 saturated heterocycles. The predicted molar refractivity (Wildman–Crippen MR) is 67.2 cm³/mol. The fraction of sp³-hybridized carbons (Fsp3) is 1.00. The maximum atomic E-state index is 3.57. The minimum absolute atomic E-state index is 0.465. The molecule has 2 heteroatoms. The molecule has 2 atom stereocenters. The summed E-state index contributed by atoms with van der Waals surface area (Å²) in [6, 6.07) is 1.41. The molecule has 15 heavy (non-hydrogen) atoms. The van der Waals surface area contributed by atoms with E-state index in [4.69, 9.17) is 0 Å². The highest BCUT2D eigenvalue weighted by atomic mass is 15.2. The number of hydrogen-bond donors (Lipinski definition) is 1. The fourth-order valence-corrected chi connectivity index (χ4v) is 2.19. The average molecular weight is 212 g/mol. The van der Waals surface area contributed by atoms with Gasteiger partial charge in [0, 0.05) is 25.2 Å². The third-order valence-corrected chi connectivity index (χ3v) is 3.35. The molecular weight excluding hydrogens is 184 g/mol. The van der Waals surface area contributed by atoms with E-state index < -0.39 is 0 Å². The monoisotopic (exact) mass is 212 g/mol. The molecule has 0 aliphatic carbocycles. The van der Waals surface area contributed by atoms with Crippen LogP contribution in [0, 0.1) is 5.41 Å². The van der Waals surface area contributed by atoms with Gasteiger partial charge < -0.3 is 5.32 Å². The summed E-state index contributed by atoms with van der Waals surface area (Å²) in [5.41, 5.74) is 0.465. The molecule has 1 fully saturated rings. The molecule has 0 aromatic carbocycles. The molecule has 1 heterocycles. The van der Waals surface area contributed by atoms with Crippen molar-refractivity contribution in [1.82, 2.24) is 10.2 Å². The van der Waals surface area contributed by atoms with E-state index in [1.54, 1.807) is 0 Å². The number of rotatable bonds is 3. The maximum Gasteiger partial charge on any atom is 0.0218 e. The standard InChI is InChI=1S/C13H28N2/c1-6-12-9-14-11(2)10-15(12)8-7-13(3,4)5/h11-12,14H,6-10H2,1-5H3. The first kappa shape index (κ1) is 13.0. The Morgan fingerprint density at radius 3 is 2.53 bits per heavy atom. The number of nitrogens with one attached hydrogen (secondary N) is 1. The molecule has 0 spiro atoms. The van der Waals surface area contributed by atoms with Gasteiger partial charge in [-0.15, -0.1) is 0 Å². The largest absolute Gasteiger partial charge is 0.311 e. The second-order valence-electron chi connectivity index (χ2n) is 6.18. The highest BCUT2D eigenvalue weighted by Crippen LogP contribution is 2.21. The van der Waals surface area contributed by atoms with Gasteiger partial charge in [-0.2, -0.15) is 0 Å². The molecule has 0 aromatic rings. The summed E-state index contributed by atoms with van der Waals surface area (Å²) >= 11 is 0. The summed E-state index contributed by atoms with van der Waals surface area (Å²) in [5.74, 6) is 0. The smallest absolute Gasteiger partial charge is 0.0218 e. The van der Waals surface area contributed by atoms with E-state index in [1.807, 2.05) is 0 Å². The molecule has 0 amide bonds. The minimum Gasteiger partial charge on any atom is -0.311 e. The Bertz CT molecular complexity index is 183. The lowest BCUT2D eigenvalue weighted by Crippen LogP contribution is -2.55. The highest BCUT2D eigenvalue weighted by molar-refractivity contribution is 4.83. The average Bonchev–Trinajstić information content (AvgIpc) is 2.14. The van der Waals surface area contributed by atoms with E-state index in [0.29, 0.717) is 11.5 Å². The van der Waals surface area contributed by atoms with Gasteiger partial charge in [0.05, 0.1) is 0 Å². The molecule has 0 aromatic heterocycles. The maximum absolute atomic E-state index is 3.57. The summed E-state index contributed by atoms with van der Waals surface area (Å²) < 4.78 is 0. The van der Waals surface area contributed by atoms with Gasteiger partial charge in [0.25, 0.3) is 0 Å². The van der Waals surface area contributed by atoms with Crippen molar-refractivity contribution in [2.75, 3.05) is 19.6 Å². The van der Waals surface area contributed by atoms with Crippen LogP contribution in [0.1, 0.15) is 47.5 Å². The zero-order valence-electron chi connectivity index (χ0n) is 11.1. The molecule has 1 aliphatic heterocycles. The molecule has 2 nitrogen and oxygen atoms in total. The van der Waals surface area contributed by atoms with Crippen molar-refractivity contribution in [1.29, 1.82) is 0 Å². The Morgan fingerprint density at radius 2 is 2.00 bits per heavy atom. The van der Waals surface area contributed by atoms with Gasteiger partial charge in [-0.3, -0.25) is 4.90 Å². The van der Waals surface area contributed by atoms with Crippen LogP contribution in [-0.4, -0.2) is 36.6 Å². The van der Waals surface area contributed by atoms with Gasteiger partial charge >= 0.3 is 0 Å². The van der Waals surface area contributed by atoms with Gasteiger partial charge in [0.1, 0.15) is 0 Å². The molecular formula is C13H28N2. The minimum atomic E-state index is 0.465. The van der Waals surface area contributed by atoms with Crippen LogP contribution in [0.5, 0.6) is 0 Å². The molecule has 2 unspecified atom stereocenters. The zero-order valence-corrected chi connectivity index (χ0v) is 11.1. The van der Waals surface area contributed by atoms with Crippen molar-refractivity contribution in [2.24, 2.45) is 5.41 Å². The van der Waals surface area contributed by atoms with Crippen molar-refractivity contribution in [3.8, 4) is 0 Å². The van der Waals surface area contributed by atoms with Crippen LogP contribution in [0.2, 0.25) is 0 Å². The van der Waals surface area contributed by atoms with E-state index in [-0.39, 0.29) is 0 Å². The van der Waals surface area contributed by atoms with Crippen LogP contribution < -0.4 is 5.32 Å². The Hall–Kier alpha value is -0.0800. The van der Waals surface area contributed by atoms with E-state index in [2.05, 4.69) is 44.8 Å². The van der Waals surface area contributed by atoms with Crippen LogP contribution in [0.4, 0.5) is 0 Å². The normalized spacial score (nSPS) is 29.4. The van der Waals surface area contributed by atoms with Crippen molar-refractivity contribution < 1.29 is 0 Å². The van der Waals surface area contributed by atoms with Crippen molar-refractivity contribution in [3.63, 3.8) is 0 Å². The summed E-state index contributed by atoms with van der Waals surface area (Å²) in [6.07, 6.45) is 2.57. The molecule has 0 bridgehead atoms. The fourth-order valence-electron chi connectivity index (χ4n) is 2.19. The Labute approximate surface area is 95.4 Å². The lowest BCUT2D eigenvalue weighted by Gasteiger charge is -2.40. The van der Waals surface area contributed by atoms with Crippen LogP contribution in [0.25, 0.3) is 0 Å². The Kier molecular flexibility index (Phi) is 4.60. The molecule has 0 radical (unpaired) electrons. The summed E-state index contributed by atoms with van der Waals surface area (Å²) in [4.78, 5) is 2.67. The lowest BCUT2D eigenvalue weighted by atomic mass is 9.91. The third-order valence-electron chi connectivity index (χ3n) is 3.35. The van der Waals surface area contributed by atoms with Crippen LogP contribution in [-0.2, 0) is 0 Å². The second kappa shape index (κ2) is 5.31. The third kappa shape index (κ3) is 4.52. The molecule has 1 rings (SSSR count). The first-order chi connectivity index (χ1) is 6.92. The Morgan fingerprint density at radius 1 is 1.33 bits per heavy atom. The van der Waals surface area contributed by atoms with Crippen LogP contribution in [0.15, 0.2) is 0 Å². The lowest BCUT2D eigenvalue weighted by molar-refractivity contribution is 0.116. The predicted octanol–water partition coefficient (Wildman–Crippen LogP) is 2.49. The highest BCUT2D eigenvalue weighted by Gasteiger charge is 2.25. The van der Waals surface area contributed by atoms with E-state index in [1.165, 1.54) is 32.5 Å². The number of nitrogens with zero attached hydrogens (tertiary/aromatic N) is 1. The van der Waals surface area contributed by atoms with Crippen LogP contribution >= 0.6 is 0 Å². The first-order valence-electron chi connectivity index (χ1n) is 6.40. The number of hydrogen-bond acceptors (Lipinski definition) is 2. The second-order valence-corrected chi connectivity index (χ2v) is 6.18. The Balaban J connectivity index is 2.42. The van der Waals surface area contributed by atoms with E-state index >= 15 is 0 Å². The number of piperazine rings is 1. The molecule has 90 valence electrons. The topological polar surface area (TPSA) is 15.3 Å². The summed E-state index contributed by atoms with van der Waals surface area (Å²) in [7, 11) is 0. The summed E-state index contributed by atoms with van der Waals surface area (Å²) in [5, 5.41) is 3.57. The van der Waals surface area contributed by atoms with Gasteiger partial charge in [-0.25, -0.2) is 0 Å². The van der Waals surface area contributed by atoms with E-state index in [9.17, 15) is 0 Å².